The van der Waals surface area contributed by atoms with E-state index in [1.807, 2.05) is 19.1 Å². The topological polar surface area (TPSA) is 84.5 Å². The number of anilines is 2. The lowest BCUT2D eigenvalue weighted by atomic mass is 10.2. The van der Waals surface area contributed by atoms with Gasteiger partial charge in [0.2, 0.25) is 0 Å². The maximum atomic E-state index is 11.9. The number of nitrogens with one attached hydrogen (secondary N) is 2. The second kappa shape index (κ2) is 7.22. The summed E-state index contributed by atoms with van der Waals surface area (Å²) in [5, 5.41) is 4.98. The van der Waals surface area contributed by atoms with E-state index in [-0.39, 0.29) is 5.56 Å². The minimum atomic E-state index is -0.824. The molecule has 0 unspecified atom stereocenters. The summed E-state index contributed by atoms with van der Waals surface area (Å²) in [6, 6.07) is 13.3. The summed E-state index contributed by atoms with van der Waals surface area (Å²) in [5.74, 6) is -2.14. The molecule has 0 heterocycles. The van der Waals surface area contributed by atoms with Crippen LogP contribution in [0.5, 0.6) is 0 Å². The quantitative estimate of drug-likeness (QED) is 0.673. The Labute approximate surface area is 133 Å². The molecule has 0 saturated carbocycles. The van der Waals surface area contributed by atoms with Gasteiger partial charge in [-0.15, -0.1) is 0 Å². The first-order valence-corrected chi connectivity index (χ1v) is 6.87. The fourth-order valence-corrected chi connectivity index (χ4v) is 1.92. The highest BCUT2D eigenvalue weighted by Crippen LogP contribution is 2.14. The fraction of sp³-hybridized carbons (Fsp3) is 0.118. The van der Waals surface area contributed by atoms with Crippen molar-refractivity contribution in [3.8, 4) is 0 Å². The fourth-order valence-electron chi connectivity index (χ4n) is 1.92. The number of ether oxygens (including phenoxy) is 1. The van der Waals surface area contributed by atoms with Gasteiger partial charge in [0.05, 0.1) is 12.7 Å². The van der Waals surface area contributed by atoms with Gasteiger partial charge in [0.25, 0.3) is 0 Å². The van der Waals surface area contributed by atoms with Gasteiger partial charge >= 0.3 is 17.8 Å². The lowest BCUT2D eigenvalue weighted by Gasteiger charge is -2.09. The van der Waals surface area contributed by atoms with Crippen LogP contribution in [0.25, 0.3) is 0 Å². The lowest BCUT2D eigenvalue weighted by Crippen LogP contribution is -2.29. The molecule has 2 rings (SSSR count). The van der Waals surface area contributed by atoms with Gasteiger partial charge in [-0.3, -0.25) is 9.59 Å². The minimum absolute atomic E-state index is 0.282. The Kier molecular flexibility index (Phi) is 5.09. The lowest BCUT2D eigenvalue weighted by molar-refractivity contribution is -0.133. The van der Waals surface area contributed by atoms with Crippen LogP contribution in [0, 0.1) is 6.92 Å². The molecule has 6 heteroatoms. The molecule has 0 atom stereocenters. The smallest absolute Gasteiger partial charge is 0.337 e. The van der Waals surface area contributed by atoms with Gasteiger partial charge in [0, 0.05) is 11.4 Å². The van der Waals surface area contributed by atoms with E-state index >= 15 is 0 Å². The first-order chi connectivity index (χ1) is 11.0. The van der Waals surface area contributed by atoms with E-state index in [0.717, 1.165) is 5.56 Å². The largest absolute Gasteiger partial charge is 0.465 e. The Morgan fingerprint density at radius 3 is 2.30 bits per heavy atom. The van der Waals surface area contributed by atoms with Gasteiger partial charge in [0.15, 0.2) is 0 Å². The SMILES string of the molecule is COC(=O)c1cccc(NC(=O)C(=O)Nc2ccccc2C)c1. The molecule has 0 radical (unpaired) electrons. The van der Waals surface area contributed by atoms with E-state index < -0.39 is 17.8 Å². The van der Waals surface area contributed by atoms with Crippen LogP contribution in [0.4, 0.5) is 11.4 Å². The number of esters is 1. The third kappa shape index (κ3) is 4.16. The number of methoxy groups -OCH3 is 1. The average Bonchev–Trinajstić information content (AvgIpc) is 2.56. The Balaban J connectivity index is 2.05. The minimum Gasteiger partial charge on any atom is -0.465 e. The van der Waals surface area contributed by atoms with Crippen molar-refractivity contribution in [2.24, 2.45) is 0 Å². The summed E-state index contributed by atoms with van der Waals surface area (Å²) >= 11 is 0. The molecule has 0 aromatic heterocycles. The van der Waals surface area contributed by atoms with Gasteiger partial charge in [-0.25, -0.2) is 4.79 Å². The van der Waals surface area contributed by atoms with E-state index in [9.17, 15) is 14.4 Å². The molecule has 0 bridgehead atoms. The molecule has 2 amide bonds. The summed E-state index contributed by atoms with van der Waals surface area (Å²) in [6.07, 6.45) is 0. The molecule has 0 aliphatic heterocycles. The molecule has 0 spiro atoms. The van der Waals surface area contributed by atoms with Crippen molar-refractivity contribution >= 4 is 29.2 Å². The molecular weight excluding hydrogens is 296 g/mol. The van der Waals surface area contributed by atoms with Crippen molar-refractivity contribution in [3.05, 3.63) is 59.7 Å². The number of carbonyl (C=O) groups excluding carboxylic acids is 3. The Morgan fingerprint density at radius 2 is 1.61 bits per heavy atom. The van der Waals surface area contributed by atoms with E-state index in [1.165, 1.54) is 13.2 Å². The molecule has 2 aromatic rings. The van der Waals surface area contributed by atoms with Crippen LogP contribution in [0.15, 0.2) is 48.5 Å². The first-order valence-electron chi connectivity index (χ1n) is 6.87. The predicted octanol–water partition coefficient (Wildman–Crippen LogP) is 2.36. The maximum absolute atomic E-state index is 11.9. The van der Waals surface area contributed by atoms with Crippen LogP contribution in [0.2, 0.25) is 0 Å². The van der Waals surface area contributed by atoms with E-state index in [2.05, 4.69) is 15.4 Å². The van der Waals surface area contributed by atoms with Crippen LogP contribution in [-0.2, 0) is 14.3 Å². The third-order valence-corrected chi connectivity index (χ3v) is 3.14. The van der Waals surface area contributed by atoms with Crippen molar-refractivity contribution in [2.75, 3.05) is 17.7 Å². The highest BCUT2D eigenvalue weighted by molar-refractivity contribution is 6.43. The van der Waals surface area contributed by atoms with Gasteiger partial charge < -0.3 is 15.4 Å². The molecule has 0 fully saturated rings. The molecule has 6 nitrogen and oxygen atoms in total. The molecule has 23 heavy (non-hydrogen) atoms. The highest BCUT2D eigenvalue weighted by Gasteiger charge is 2.15. The number of carbonyl (C=O) groups is 3. The van der Waals surface area contributed by atoms with Gasteiger partial charge in [-0.2, -0.15) is 0 Å². The molecule has 0 aliphatic rings. The number of benzene rings is 2. The van der Waals surface area contributed by atoms with Crippen molar-refractivity contribution in [2.45, 2.75) is 6.92 Å². The molecule has 0 aliphatic carbocycles. The second-order valence-electron chi connectivity index (χ2n) is 4.80. The third-order valence-electron chi connectivity index (χ3n) is 3.14. The molecular formula is C17H16N2O4. The predicted molar refractivity (Wildman–Crippen MR) is 86.2 cm³/mol. The number of rotatable bonds is 3. The highest BCUT2D eigenvalue weighted by atomic mass is 16.5. The molecule has 0 saturated heterocycles. The number of para-hydroxylation sites is 1. The Bertz CT molecular complexity index is 756. The molecule has 2 aromatic carbocycles. The molecule has 118 valence electrons. The maximum Gasteiger partial charge on any atom is 0.337 e. The zero-order chi connectivity index (χ0) is 16.8. The summed E-state index contributed by atoms with van der Waals surface area (Å²) in [4.78, 5) is 35.3. The van der Waals surface area contributed by atoms with Crippen molar-refractivity contribution in [1.82, 2.24) is 0 Å². The summed E-state index contributed by atoms with van der Waals surface area (Å²) in [7, 11) is 1.27. The number of aryl methyl sites for hydroxylation is 1. The number of hydrogen-bond donors (Lipinski definition) is 2. The van der Waals surface area contributed by atoms with Crippen LogP contribution in [-0.4, -0.2) is 24.9 Å². The monoisotopic (exact) mass is 312 g/mol. The van der Waals surface area contributed by atoms with E-state index in [1.54, 1.807) is 30.3 Å². The van der Waals surface area contributed by atoms with Crippen LogP contribution in [0.3, 0.4) is 0 Å². The summed E-state index contributed by atoms with van der Waals surface area (Å²) in [5.41, 5.74) is 2.03. The van der Waals surface area contributed by atoms with Gasteiger partial charge in [-0.1, -0.05) is 24.3 Å². The zero-order valence-electron chi connectivity index (χ0n) is 12.8. The normalized spacial score (nSPS) is 9.83. The van der Waals surface area contributed by atoms with Crippen molar-refractivity contribution in [3.63, 3.8) is 0 Å². The van der Waals surface area contributed by atoms with E-state index in [4.69, 9.17) is 0 Å². The number of amides is 2. The van der Waals surface area contributed by atoms with Gasteiger partial charge in [-0.05, 0) is 36.8 Å². The molecule has 2 N–H and O–H groups in total. The standard InChI is InChI=1S/C17H16N2O4/c1-11-6-3-4-9-14(11)19-16(21)15(20)18-13-8-5-7-12(10-13)17(22)23-2/h3-10H,1-2H3,(H,18,20)(H,19,21). The summed E-state index contributed by atoms with van der Waals surface area (Å²) in [6.45, 7) is 1.83. The zero-order valence-corrected chi connectivity index (χ0v) is 12.8. The Morgan fingerprint density at radius 1 is 0.913 bits per heavy atom. The van der Waals surface area contributed by atoms with Gasteiger partial charge in [0.1, 0.15) is 0 Å². The Hall–Kier alpha value is -3.15. The van der Waals surface area contributed by atoms with E-state index in [0.29, 0.717) is 11.4 Å². The van der Waals surface area contributed by atoms with Crippen LogP contribution >= 0.6 is 0 Å². The van der Waals surface area contributed by atoms with Crippen LogP contribution < -0.4 is 10.6 Å². The summed E-state index contributed by atoms with van der Waals surface area (Å²) < 4.78 is 4.60. The average molecular weight is 312 g/mol. The second-order valence-corrected chi connectivity index (χ2v) is 4.80. The van der Waals surface area contributed by atoms with Crippen molar-refractivity contribution in [1.29, 1.82) is 0 Å². The van der Waals surface area contributed by atoms with Crippen LogP contribution in [0.1, 0.15) is 15.9 Å². The van der Waals surface area contributed by atoms with Crippen molar-refractivity contribution < 1.29 is 19.1 Å². The number of hydrogen-bond acceptors (Lipinski definition) is 4. The first kappa shape index (κ1) is 16.2.